The Morgan fingerprint density at radius 1 is 1.17 bits per heavy atom. The molecule has 0 aliphatic rings. The number of hydrogen-bond donors (Lipinski definition) is 0. The van der Waals surface area contributed by atoms with Crippen LogP contribution in [0.1, 0.15) is 39.7 Å². The second kappa shape index (κ2) is 6.63. The fourth-order valence-corrected chi connectivity index (χ4v) is 1.98. The Labute approximate surface area is 112 Å². The van der Waals surface area contributed by atoms with Crippen LogP contribution in [0.4, 0.5) is 0 Å². The first-order valence-corrected chi connectivity index (χ1v) is 6.77. The van der Waals surface area contributed by atoms with E-state index < -0.39 is 0 Å². The molecule has 1 atom stereocenters. The standard InChI is InChI=1S/C17H26O/c1-6-7-8-15(17(2,3)4)13-14-9-11-16(18-5)12-10-14/h7-12,15H,6,13H2,1-5H3/b8-7+/t15-/m0/s1. The monoisotopic (exact) mass is 246 g/mol. The van der Waals surface area contributed by atoms with E-state index in [9.17, 15) is 0 Å². The lowest BCUT2D eigenvalue weighted by atomic mass is 9.77. The van der Waals surface area contributed by atoms with Gasteiger partial charge in [-0.2, -0.15) is 0 Å². The lowest BCUT2D eigenvalue weighted by Gasteiger charge is -2.28. The van der Waals surface area contributed by atoms with E-state index in [1.807, 2.05) is 12.1 Å². The quantitative estimate of drug-likeness (QED) is 0.674. The summed E-state index contributed by atoms with van der Waals surface area (Å²) in [5.74, 6) is 1.50. The van der Waals surface area contributed by atoms with Crippen LogP contribution in [-0.2, 0) is 6.42 Å². The summed E-state index contributed by atoms with van der Waals surface area (Å²) in [5.41, 5.74) is 1.67. The predicted octanol–water partition coefficient (Wildman–Crippen LogP) is 4.87. The van der Waals surface area contributed by atoms with Gasteiger partial charge in [0.05, 0.1) is 7.11 Å². The van der Waals surface area contributed by atoms with Crippen LogP contribution in [0.25, 0.3) is 0 Å². The van der Waals surface area contributed by atoms with Crippen molar-refractivity contribution in [3.63, 3.8) is 0 Å². The molecule has 1 aromatic rings. The molecule has 18 heavy (non-hydrogen) atoms. The van der Waals surface area contributed by atoms with Crippen molar-refractivity contribution in [1.82, 2.24) is 0 Å². The highest BCUT2D eigenvalue weighted by molar-refractivity contribution is 5.28. The zero-order valence-electron chi connectivity index (χ0n) is 12.4. The van der Waals surface area contributed by atoms with Crippen LogP contribution in [-0.4, -0.2) is 7.11 Å². The van der Waals surface area contributed by atoms with Crippen molar-refractivity contribution in [1.29, 1.82) is 0 Å². The largest absolute Gasteiger partial charge is 0.497 e. The Hall–Kier alpha value is -1.24. The van der Waals surface area contributed by atoms with Crippen molar-refractivity contribution in [2.24, 2.45) is 11.3 Å². The van der Waals surface area contributed by atoms with Crippen molar-refractivity contribution in [3.05, 3.63) is 42.0 Å². The Balaban J connectivity index is 2.79. The average molecular weight is 246 g/mol. The summed E-state index contributed by atoms with van der Waals surface area (Å²) in [6, 6.07) is 8.41. The topological polar surface area (TPSA) is 9.23 Å². The third-order valence-electron chi connectivity index (χ3n) is 3.33. The van der Waals surface area contributed by atoms with E-state index in [4.69, 9.17) is 4.74 Å². The van der Waals surface area contributed by atoms with E-state index in [0.29, 0.717) is 11.3 Å². The summed E-state index contributed by atoms with van der Waals surface area (Å²) in [4.78, 5) is 0. The van der Waals surface area contributed by atoms with Gasteiger partial charge in [-0.1, -0.05) is 52.0 Å². The molecule has 0 saturated carbocycles. The van der Waals surface area contributed by atoms with Crippen molar-refractivity contribution in [3.8, 4) is 5.75 Å². The van der Waals surface area contributed by atoms with Gasteiger partial charge in [-0.15, -0.1) is 0 Å². The molecule has 1 rings (SSSR count). The molecule has 1 nitrogen and oxygen atoms in total. The molecule has 0 fully saturated rings. The van der Waals surface area contributed by atoms with E-state index >= 15 is 0 Å². The normalized spacial score (nSPS) is 13.8. The highest BCUT2D eigenvalue weighted by Gasteiger charge is 2.22. The van der Waals surface area contributed by atoms with E-state index in [2.05, 4.69) is 52.0 Å². The Morgan fingerprint density at radius 2 is 1.78 bits per heavy atom. The maximum Gasteiger partial charge on any atom is 0.118 e. The molecular weight excluding hydrogens is 220 g/mol. The summed E-state index contributed by atoms with van der Waals surface area (Å²) in [7, 11) is 1.71. The molecule has 0 aromatic heterocycles. The molecule has 0 amide bonds. The molecule has 0 N–H and O–H groups in total. The minimum Gasteiger partial charge on any atom is -0.497 e. The van der Waals surface area contributed by atoms with Gasteiger partial charge >= 0.3 is 0 Å². The molecule has 0 aliphatic carbocycles. The molecule has 0 aliphatic heterocycles. The van der Waals surface area contributed by atoms with Crippen LogP contribution in [0, 0.1) is 11.3 Å². The maximum absolute atomic E-state index is 5.19. The van der Waals surface area contributed by atoms with Gasteiger partial charge in [-0.25, -0.2) is 0 Å². The van der Waals surface area contributed by atoms with Crippen LogP contribution >= 0.6 is 0 Å². The fourth-order valence-electron chi connectivity index (χ4n) is 1.98. The third kappa shape index (κ3) is 4.56. The molecular formula is C17H26O. The smallest absolute Gasteiger partial charge is 0.118 e. The minimum atomic E-state index is 0.297. The molecule has 1 aromatic carbocycles. The summed E-state index contributed by atoms with van der Waals surface area (Å²) in [5, 5.41) is 0. The number of allylic oxidation sites excluding steroid dienone is 2. The summed E-state index contributed by atoms with van der Waals surface area (Å²) < 4.78 is 5.19. The summed E-state index contributed by atoms with van der Waals surface area (Å²) in [6.07, 6.45) is 6.84. The van der Waals surface area contributed by atoms with Crippen molar-refractivity contribution < 1.29 is 4.74 Å². The van der Waals surface area contributed by atoms with E-state index in [1.165, 1.54) is 5.56 Å². The predicted molar refractivity (Wildman–Crippen MR) is 79.1 cm³/mol. The van der Waals surface area contributed by atoms with Crippen molar-refractivity contribution in [2.45, 2.75) is 40.5 Å². The molecule has 1 heteroatoms. The second-order valence-corrected chi connectivity index (χ2v) is 5.86. The number of ether oxygens (including phenoxy) is 1. The Kier molecular flexibility index (Phi) is 5.46. The van der Waals surface area contributed by atoms with E-state index in [1.54, 1.807) is 7.11 Å². The summed E-state index contributed by atoms with van der Waals surface area (Å²) >= 11 is 0. The first-order chi connectivity index (χ1) is 8.47. The van der Waals surface area contributed by atoms with Crippen LogP contribution in [0.5, 0.6) is 5.75 Å². The Morgan fingerprint density at radius 3 is 2.22 bits per heavy atom. The zero-order chi connectivity index (χ0) is 13.6. The van der Waals surface area contributed by atoms with Gasteiger partial charge in [-0.05, 0) is 41.9 Å². The highest BCUT2D eigenvalue weighted by atomic mass is 16.5. The molecule has 0 spiro atoms. The first-order valence-electron chi connectivity index (χ1n) is 6.77. The summed E-state index contributed by atoms with van der Waals surface area (Å²) in [6.45, 7) is 9.10. The SMILES string of the molecule is CC/C=C/[C@@H](Cc1ccc(OC)cc1)C(C)(C)C. The van der Waals surface area contributed by atoms with Crippen LogP contribution in [0.3, 0.4) is 0 Å². The highest BCUT2D eigenvalue weighted by Crippen LogP contribution is 2.30. The van der Waals surface area contributed by atoms with Crippen LogP contribution in [0.15, 0.2) is 36.4 Å². The number of benzene rings is 1. The average Bonchev–Trinajstić information content (AvgIpc) is 2.34. The van der Waals surface area contributed by atoms with Gasteiger partial charge in [0.15, 0.2) is 0 Å². The minimum absolute atomic E-state index is 0.297. The molecule has 0 radical (unpaired) electrons. The third-order valence-corrected chi connectivity index (χ3v) is 3.33. The zero-order valence-corrected chi connectivity index (χ0v) is 12.4. The number of hydrogen-bond acceptors (Lipinski definition) is 1. The van der Waals surface area contributed by atoms with Gasteiger partial charge in [0.1, 0.15) is 5.75 Å². The van der Waals surface area contributed by atoms with Gasteiger partial charge < -0.3 is 4.74 Å². The molecule has 100 valence electrons. The van der Waals surface area contributed by atoms with Gasteiger partial charge in [0.2, 0.25) is 0 Å². The molecule has 0 heterocycles. The Bertz CT molecular complexity index is 368. The fraction of sp³-hybridized carbons (Fsp3) is 0.529. The van der Waals surface area contributed by atoms with Crippen LogP contribution in [0.2, 0.25) is 0 Å². The van der Waals surface area contributed by atoms with Crippen LogP contribution < -0.4 is 4.74 Å². The molecule has 0 saturated heterocycles. The number of rotatable bonds is 5. The molecule has 0 unspecified atom stereocenters. The van der Waals surface area contributed by atoms with Crippen molar-refractivity contribution >= 4 is 0 Å². The van der Waals surface area contributed by atoms with E-state index in [0.717, 1.165) is 18.6 Å². The lowest BCUT2D eigenvalue weighted by molar-refractivity contribution is 0.291. The van der Waals surface area contributed by atoms with Gasteiger partial charge in [0.25, 0.3) is 0 Å². The van der Waals surface area contributed by atoms with Gasteiger partial charge in [-0.3, -0.25) is 0 Å². The lowest BCUT2D eigenvalue weighted by Crippen LogP contribution is -2.20. The maximum atomic E-state index is 5.19. The second-order valence-electron chi connectivity index (χ2n) is 5.86. The van der Waals surface area contributed by atoms with Crippen molar-refractivity contribution in [2.75, 3.05) is 7.11 Å². The van der Waals surface area contributed by atoms with Gasteiger partial charge in [0, 0.05) is 0 Å². The van der Waals surface area contributed by atoms with E-state index in [-0.39, 0.29) is 0 Å². The first kappa shape index (κ1) is 14.8. The number of methoxy groups -OCH3 is 1. The molecule has 0 bridgehead atoms.